The van der Waals surface area contributed by atoms with Gasteiger partial charge < -0.3 is 5.11 Å². The minimum Gasteiger partial charge on any atom is -0.383 e. The number of rotatable bonds is 5. The van der Waals surface area contributed by atoms with Crippen LogP contribution in [0.5, 0.6) is 0 Å². The van der Waals surface area contributed by atoms with E-state index in [4.69, 9.17) is 23.2 Å². The lowest BCUT2D eigenvalue weighted by Gasteiger charge is -2.22. The molecular weight excluding hydrogens is 365 g/mol. The Morgan fingerprint density at radius 1 is 1.32 bits per heavy atom. The molecule has 1 aromatic carbocycles. The largest absolute Gasteiger partial charge is 0.383 e. The van der Waals surface area contributed by atoms with E-state index in [-0.39, 0.29) is 16.5 Å². The quantitative estimate of drug-likeness (QED) is 0.834. The van der Waals surface area contributed by atoms with Crippen molar-refractivity contribution in [3.63, 3.8) is 0 Å². The molecule has 2 aromatic rings. The van der Waals surface area contributed by atoms with Gasteiger partial charge >= 0.3 is 0 Å². The highest BCUT2D eigenvalue weighted by atomic mass is 35.5. The van der Waals surface area contributed by atoms with Gasteiger partial charge in [-0.05, 0) is 43.0 Å². The van der Waals surface area contributed by atoms with Crippen LogP contribution in [0.4, 0.5) is 0 Å². The van der Waals surface area contributed by atoms with E-state index < -0.39 is 15.6 Å². The molecule has 1 unspecified atom stereocenters. The number of aryl methyl sites for hydroxylation is 1. The lowest BCUT2D eigenvalue weighted by Crippen LogP contribution is -2.38. The molecule has 0 aliphatic heterocycles. The van der Waals surface area contributed by atoms with Crippen LogP contribution in [0.2, 0.25) is 10.0 Å². The summed E-state index contributed by atoms with van der Waals surface area (Å²) in [5.74, 6) is 0. The molecule has 1 atom stereocenters. The van der Waals surface area contributed by atoms with Crippen LogP contribution in [-0.2, 0) is 15.6 Å². The summed E-state index contributed by atoms with van der Waals surface area (Å²) in [5, 5.41) is 12.6. The number of benzene rings is 1. The molecule has 4 nitrogen and oxygen atoms in total. The highest BCUT2D eigenvalue weighted by Crippen LogP contribution is 2.29. The van der Waals surface area contributed by atoms with Gasteiger partial charge in [0.25, 0.3) is 0 Å². The highest BCUT2D eigenvalue weighted by molar-refractivity contribution is 7.89. The Morgan fingerprint density at radius 2 is 2.00 bits per heavy atom. The first-order chi connectivity index (χ1) is 10.1. The van der Waals surface area contributed by atoms with Crippen LogP contribution in [0.25, 0.3) is 0 Å². The third-order valence-electron chi connectivity index (χ3n) is 3.16. The second-order valence-electron chi connectivity index (χ2n) is 5.11. The molecule has 0 saturated heterocycles. The topological polar surface area (TPSA) is 66.4 Å². The van der Waals surface area contributed by atoms with E-state index in [1.165, 1.54) is 23.5 Å². The van der Waals surface area contributed by atoms with Crippen molar-refractivity contribution in [2.45, 2.75) is 24.3 Å². The first-order valence-electron chi connectivity index (χ1n) is 6.35. The van der Waals surface area contributed by atoms with Gasteiger partial charge in [0.2, 0.25) is 10.0 Å². The summed E-state index contributed by atoms with van der Waals surface area (Å²) in [6.07, 6.45) is 0. The van der Waals surface area contributed by atoms with Crippen LogP contribution in [0.1, 0.15) is 17.4 Å². The molecule has 0 aliphatic rings. The fourth-order valence-corrected chi connectivity index (χ4v) is 4.57. The average Bonchev–Trinajstić information content (AvgIpc) is 2.95. The molecule has 1 heterocycles. The van der Waals surface area contributed by atoms with Gasteiger partial charge in [0.05, 0.1) is 5.02 Å². The van der Waals surface area contributed by atoms with Crippen molar-refractivity contribution in [2.75, 3.05) is 6.54 Å². The molecule has 8 heteroatoms. The van der Waals surface area contributed by atoms with Gasteiger partial charge in [0.1, 0.15) is 10.5 Å². The number of aliphatic hydroxyl groups is 1. The minimum absolute atomic E-state index is 0.0406. The van der Waals surface area contributed by atoms with Gasteiger partial charge in [-0.2, -0.15) is 0 Å². The van der Waals surface area contributed by atoms with Gasteiger partial charge in [-0.15, -0.1) is 11.3 Å². The van der Waals surface area contributed by atoms with Gasteiger partial charge in [-0.1, -0.05) is 29.3 Å². The lowest BCUT2D eigenvalue weighted by molar-refractivity contribution is 0.0666. The summed E-state index contributed by atoms with van der Waals surface area (Å²) in [7, 11) is -3.85. The van der Waals surface area contributed by atoms with E-state index in [9.17, 15) is 13.5 Å². The number of nitrogens with one attached hydrogen (secondary N) is 1. The monoisotopic (exact) mass is 379 g/mol. The molecule has 1 aromatic heterocycles. The van der Waals surface area contributed by atoms with Crippen LogP contribution in [0, 0.1) is 6.92 Å². The van der Waals surface area contributed by atoms with Gasteiger partial charge in [-0.3, -0.25) is 0 Å². The first-order valence-corrected chi connectivity index (χ1v) is 9.47. The zero-order valence-corrected chi connectivity index (χ0v) is 15.1. The molecule has 0 bridgehead atoms. The Labute approximate surface area is 143 Å². The van der Waals surface area contributed by atoms with Gasteiger partial charge in [0, 0.05) is 16.4 Å². The van der Waals surface area contributed by atoms with Crippen LogP contribution in [0.15, 0.2) is 34.5 Å². The molecule has 0 amide bonds. The lowest BCUT2D eigenvalue weighted by atomic mass is 10.1. The van der Waals surface area contributed by atoms with Crippen LogP contribution < -0.4 is 4.72 Å². The van der Waals surface area contributed by atoms with Crippen molar-refractivity contribution in [3.8, 4) is 0 Å². The zero-order chi connectivity index (χ0) is 16.5. The summed E-state index contributed by atoms with van der Waals surface area (Å²) in [5.41, 5.74) is -0.689. The Morgan fingerprint density at radius 3 is 2.59 bits per heavy atom. The fourth-order valence-electron chi connectivity index (χ4n) is 1.82. The van der Waals surface area contributed by atoms with Crippen molar-refractivity contribution in [3.05, 3.63) is 50.1 Å². The molecular formula is C14H15Cl2NO3S2. The predicted octanol–water partition coefficient (Wildman–Crippen LogP) is 3.55. The van der Waals surface area contributed by atoms with Crippen molar-refractivity contribution in [1.82, 2.24) is 4.72 Å². The molecule has 0 radical (unpaired) electrons. The molecule has 22 heavy (non-hydrogen) atoms. The normalized spacial score (nSPS) is 14.8. The van der Waals surface area contributed by atoms with E-state index in [2.05, 4.69) is 4.72 Å². The average molecular weight is 380 g/mol. The second kappa shape index (κ2) is 6.47. The fraction of sp³-hybridized carbons (Fsp3) is 0.286. The first kappa shape index (κ1) is 17.7. The van der Waals surface area contributed by atoms with Gasteiger partial charge in [0.15, 0.2) is 0 Å². The van der Waals surface area contributed by atoms with E-state index >= 15 is 0 Å². The van der Waals surface area contributed by atoms with Crippen LogP contribution >= 0.6 is 34.5 Å². The molecule has 0 aliphatic carbocycles. The Kier molecular flexibility index (Phi) is 5.21. The van der Waals surface area contributed by atoms with E-state index in [0.717, 1.165) is 0 Å². The zero-order valence-electron chi connectivity index (χ0n) is 11.9. The molecule has 0 saturated carbocycles. The standard InChI is InChI=1S/C14H15Cl2NO3S2/c1-9-6-12(11(16)7-10(9)15)22(19,20)17-8-14(2,18)13-4-3-5-21-13/h3-7,17-18H,8H2,1-2H3. The summed E-state index contributed by atoms with van der Waals surface area (Å²) < 4.78 is 27.2. The second-order valence-corrected chi connectivity index (χ2v) is 8.60. The smallest absolute Gasteiger partial charge is 0.242 e. The van der Waals surface area contributed by atoms with Crippen LogP contribution in [0.3, 0.4) is 0 Å². The van der Waals surface area contributed by atoms with Gasteiger partial charge in [-0.25, -0.2) is 13.1 Å². The third kappa shape index (κ3) is 3.82. The van der Waals surface area contributed by atoms with Crippen molar-refractivity contribution < 1.29 is 13.5 Å². The summed E-state index contributed by atoms with van der Waals surface area (Å²) in [4.78, 5) is 0.617. The maximum atomic E-state index is 12.4. The molecule has 2 rings (SSSR count). The summed E-state index contributed by atoms with van der Waals surface area (Å²) in [6, 6.07) is 6.35. The Balaban J connectivity index is 2.24. The Hall–Kier alpha value is -0.630. The summed E-state index contributed by atoms with van der Waals surface area (Å²) >= 11 is 13.2. The Bertz CT molecular complexity index is 772. The van der Waals surface area contributed by atoms with E-state index in [0.29, 0.717) is 15.5 Å². The SMILES string of the molecule is Cc1cc(S(=O)(=O)NCC(C)(O)c2cccs2)c(Cl)cc1Cl. The number of hydrogen-bond acceptors (Lipinski definition) is 4. The minimum atomic E-state index is -3.85. The predicted molar refractivity (Wildman–Crippen MR) is 90.3 cm³/mol. The molecule has 120 valence electrons. The number of sulfonamides is 1. The van der Waals surface area contributed by atoms with E-state index in [1.807, 2.05) is 5.38 Å². The third-order valence-corrected chi connectivity index (χ3v) is 6.56. The van der Waals surface area contributed by atoms with Crippen molar-refractivity contribution in [2.24, 2.45) is 0 Å². The number of hydrogen-bond donors (Lipinski definition) is 2. The number of halogens is 2. The van der Waals surface area contributed by atoms with E-state index in [1.54, 1.807) is 26.0 Å². The highest BCUT2D eigenvalue weighted by Gasteiger charge is 2.28. The van der Waals surface area contributed by atoms with Crippen LogP contribution in [-0.4, -0.2) is 20.1 Å². The summed E-state index contributed by atoms with van der Waals surface area (Å²) in [6.45, 7) is 3.09. The van der Waals surface area contributed by atoms with Crippen molar-refractivity contribution in [1.29, 1.82) is 0 Å². The molecule has 0 fully saturated rings. The maximum Gasteiger partial charge on any atom is 0.242 e. The van der Waals surface area contributed by atoms with Crippen molar-refractivity contribution >= 4 is 44.6 Å². The molecule has 2 N–H and O–H groups in total. The number of thiophene rings is 1. The molecule has 0 spiro atoms. The maximum absolute atomic E-state index is 12.4.